The maximum absolute atomic E-state index is 13.4. The van der Waals surface area contributed by atoms with E-state index in [-0.39, 0.29) is 34.6 Å². The van der Waals surface area contributed by atoms with Crippen LogP contribution in [0.25, 0.3) is 0 Å². The lowest BCUT2D eigenvalue weighted by molar-refractivity contribution is -0.148. The van der Waals surface area contributed by atoms with Crippen LogP contribution in [0.5, 0.6) is 0 Å². The Morgan fingerprint density at radius 2 is 1.62 bits per heavy atom. The molecular formula is C23H28F3N3O4S. The van der Waals surface area contributed by atoms with Gasteiger partial charge in [-0.15, -0.1) is 0 Å². The molecule has 11 heteroatoms. The van der Waals surface area contributed by atoms with Crippen LogP contribution in [-0.4, -0.2) is 43.2 Å². The molecule has 0 spiro atoms. The van der Waals surface area contributed by atoms with Crippen LogP contribution in [-0.2, 0) is 25.8 Å². The second-order valence-corrected chi connectivity index (χ2v) is 12.6. The Bertz CT molecular complexity index is 1120. The first-order valence-corrected chi connectivity index (χ1v) is 13.0. The van der Waals surface area contributed by atoms with E-state index in [0.29, 0.717) is 31.6 Å². The van der Waals surface area contributed by atoms with Crippen molar-refractivity contribution in [2.45, 2.75) is 67.6 Å². The zero-order chi connectivity index (χ0) is 24.7. The molecule has 2 unspecified atom stereocenters. The van der Waals surface area contributed by atoms with Crippen LogP contribution in [0, 0.1) is 23.2 Å². The molecule has 5 aliphatic rings. The third-order valence-corrected chi connectivity index (χ3v) is 10.6. The number of rotatable bonds is 6. The first kappa shape index (κ1) is 23.6. The topological polar surface area (TPSA) is 110 Å². The maximum Gasteiger partial charge on any atom is 0.416 e. The summed E-state index contributed by atoms with van der Waals surface area (Å²) >= 11 is 0. The summed E-state index contributed by atoms with van der Waals surface area (Å²) in [6.45, 7) is 0. The smallest absolute Gasteiger partial charge is 0.369 e. The van der Waals surface area contributed by atoms with Gasteiger partial charge in [0, 0.05) is 18.5 Å². The third-order valence-electron chi connectivity index (χ3n) is 8.68. The van der Waals surface area contributed by atoms with Crippen LogP contribution in [0.2, 0.25) is 0 Å². The van der Waals surface area contributed by atoms with Crippen molar-refractivity contribution in [2.75, 3.05) is 7.05 Å². The molecule has 5 saturated carbocycles. The van der Waals surface area contributed by atoms with Crippen LogP contribution in [0.4, 0.5) is 13.2 Å². The molecular weight excluding hydrogens is 471 g/mol. The molecule has 34 heavy (non-hydrogen) atoms. The number of halogens is 3. The molecule has 6 rings (SSSR count). The molecule has 2 atom stereocenters. The summed E-state index contributed by atoms with van der Waals surface area (Å²) in [6, 6.07) is 3.16. The zero-order valence-corrected chi connectivity index (χ0v) is 19.6. The van der Waals surface area contributed by atoms with Gasteiger partial charge in [-0.2, -0.15) is 17.5 Å². The van der Waals surface area contributed by atoms with E-state index in [4.69, 9.17) is 5.73 Å². The summed E-state index contributed by atoms with van der Waals surface area (Å²) in [5.74, 6) is 0.0511. The number of likely N-dealkylation sites (N-methyl/N-ethyl adjacent to an activating group) is 1. The van der Waals surface area contributed by atoms with E-state index in [0.717, 1.165) is 47.8 Å². The number of nitrogens with one attached hydrogen (secondary N) is 1. The standard InChI is InChI=1S/C23H28F3N3O4S/c1-29(34(32,33)17-4-2-16(3-5-17)23(24,25)26)22(6-7-22)20(31)28-18-14-8-13-9-15(18)12-21(10-13,11-14)19(27)30/h2-5,13-15,18H,6-12H2,1H3,(H2,27,30)(H,28,31). The Labute approximate surface area is 196 Å². The molecule has 4 bridgehead atoms. The fourth-order valence-corrected chi connectivity index (χ4v) is 8.38. The summed E-state index contributed by atoms with van der Waals surface area (Å²) in [4.78, 5) is 25.2. The zero-order valence-electron chi connectivity index (χ0n) is 18.8. The first-order chi connectivity index (χ1) is 15.8. The first-order valence-electron chi connectivity index (χ1n) is 11.6. The van der Waals surface area contributed by atoms with Gasteiger partial charge < -0.3 is 11.1 Å². The summed E-state index contributed by atoms with van der Waals surface area (Å²) in [5.41, 5.74) is 3.05. The molecule has 5 aliphatic carbocycles. The predicted octanol–water partition coefficient (Wildman–Crippen LogP) is 2.65. The average Bonchev–Trinajstić information content (AvgIpc) is 3.56. The van der Waals surface area contributed by atoms with E-state index in [1.165, 1.54) is 7.05 Å². The van der Waals surface area contributed by atoms with Gasteiger partial charge in [-0.1, -0.05) is 0 Å². The van der Waals surface area contributed by atoms with Crippen LogP contribution >= 0.6 is 0 Å². The van der Waals surface area contributed by atoms with Crippen molar-refractivity contribution >= 4 is 21.8 Å². The molecule has 0 saturated heterocycles. The van der Waals surface area contributed by atoms with E-state index in [1.807, 2.05) is 0 Å². The molecule has 7 nitrogen and oxygen atoms in total. The Morgan fingerprint density at radius 3 is 2.09 bits per heavy atom. The highest BCUT2D eigenvalue weighted by molar-refractivity contribution is 7.89. The predicted molar refractivity (Wildman–Crippen MR) is 115 cm³/mol. The maximum atomic E-state index is 13.4. The Hall–Kier alpha value is -2.14. The van der Waals surface area contributed by atoms with E-state index in [9.17, 15) is 31.2 Å². The van der Waals surface area contributed by atoms with Gasteiger partial charge >= 0.3 is 6.18 Å². The lowest BCUT2D eigenvalue weighted by Crippen LogP contribution is -2.64. The lowest BCUT2D eigenvalue weighted by Gasteiger charge is -2.59. The third kappa shape index (κ3) is 3.54. The fourth-order valence-electron chi connectivity index (χ4n) is 6.85. The van der Waals surface area contributed by atoms with Crippen LogP contribution in [0.15, 0.2) is 29.2 Å². The second kappa shape index (κ2) is 7.43. The molecule has 0 radical (unpaired) electrons. The molecule has 0 heterocycles. The van der Waals surface area contributed by atoms with Gasteiger partial charge in [0.05, 0.1) is 10.5 Å². The molecule has 186 valence electrons. The molecule has 3 N–H and O–H groups in total. The van der Waals surface area contributed by atoms with E-state index in [1.54, 1.807) is 0 Å². The Balaban J connectivity index is 1.33. The van der Waals surface area contributed by atoms with Crippen molar-refractivity contribution in [3.8, 4) is 0 Å². The lowest BCUT2D eigenvalue weighted by atomic mass is 9.47. The highest BCUT2D eigenvalue weighted by atomic mass is 32.2. The molecule has 0 aliphatic heterocycles. The van der Waals surface area contributed by atoms with Gasteiger partial charge in [0.2, 0.25) is 21.8 Å². The number of hydrogen-bond donors (Lipinski definition) is 2. The summed E-state index contributed by atoms with van der Waals surface area (Å²) in [6.07, 6.45) is 0.0497. The number of sulfonamides is 1. The van der Waals surface area contributed by atoms with Gasteiger partial charge in [0.25, 0.3) is 0 Å². The monoisotopic (exact) mass is 499 g/mol. The number of nitrogens with two attached hydrogens (primary N) is 1. The highest BCUT2D eigenvalue weighted by Gasteiger charge is 2.61. The Kier molecular flexibility index (Phi) is 5.16. The summed E-state index contributed by atoms with van der Waals surface area (Å²) in [5, 5.41) is 3.11. The number of alkyl halides is 3. The number of nitrogens with zero attached hydrogens (tertiary/aromatic N) is 1. The number of benzene rings is 1. The van der Waals surface area contributed by atoms with Gasteiger partial charge in [-0.25, -0.2) is 8.42 Å². The summed E-state index contributed by atoms with van der Waals surface area (Å²) < 4.78 is 65.9. The van der Waals surface area contributed by atoms with E-state index < -0.39 is 32.7 Å². The largest absolute Gasteiger partial charge is 0.416 e. The van der Waals surface area contributed by atoms with Crippen LogP contribution < -0.4 is 11.1 Å². The normalized spacial score (nSPS) is 33.7. The quantitative estimate of drug-likeness (QED) is 0.627. The molecule has 2 amide bonds. The number of primary amides is 1. The van der Waals surface area contributed by atoms with E-state index in [2.05, 4.69) is 5.32 Å². The molecule has 0 aromatic heterocycles. The number of hydrogen-bond acceptors (Lipinski definition) is 4. The fraction of sp³-hybridized carbons (Fsp3) is 0.652. The van der Waals surface area contributed by atoms with Crippen molar-refractivity contribution in [3.63, 3.8) is 0 Å². The van der Waals surface area contributed by atoms with Gasteiger partial charge in [0.1, 0.15) is 5.54 Å². The SMILES string of the molecule is CN(C1(C(=O)NC2C3CC4CC2CC(C(N)=O)(C4)C3)CC1)S(=O)(=O)c1ccc(C(F)(F)F)cc1. The number of amides is 2. The highest BCUT2D eigenvalue weighted by Crippen LogP contribution is 2.60. The number of carbonyl (C=O) groups excluding carboxylic acids is 2. The minimum Gasteiger partial charge on any atom is -0.369 e. The number of carbonyl (C=O) groups is 2. The minimum absolute atomic E-state index is 0.129. The molecule has 1 aromatic rings. The van der Waals surface area contributed by atoms with Gasteiger partial charge in [-0.3, -0.25) is 9.59 Å². The van der Waals surface area contributed by atoms with Crippen LogP contribution in [0.3, 0.4) is 0 Å². The Morgan fingerprint density at radius 1 is 1.06 bits per heavy atom. The van der Waals surface area contributed by atoms with Crippen molar-refractivity contribution < 1.29 is 31.2 Å². The van der Waals surface area contributed by atoms with Crippen molar-refractivity contribution in [1.29, 1.82) is 0 Å². The van der Waals surface area contributed by atoms with Gasteiger partial charge in [0.15, 0.2) is 0 Å². The molecule has 1 aromatic carbocycles. The van der Waals surface area contributed by atoms with Crippen molar-refractivity contribution in [2.24, 2.45) is 28.9 Å². The van der Waals surface area contributed by atoms with Crippen LogP contribution in [0.1, 0.15) is 50.5 Å². The van der Waals surface area contributed by atoms with Gasteiger partial charge in [-0.05, 0) is 87.0 Å². The molecule has 5 fully saturated rings. The second-order valence-electron chi connectivity index (χ2n) is 10.6. The van der Waals surface area contributed by atoms with E-state index >= 15 is 0 Å². The minimum atomic E-state index is -4.57. The van der Waals surface area contributed by atoms with Crippen molar-refractivity contribution in [3.05, 3.63) is 29.8 Å². The van der Waals surface area contributed by atoms with Crippen molar-refractivity contribution in [1.82, 2.24) is 9.62 Å². The average molecular weight is 500 g/mol. The summed E-state index contributed by atoms with van der Waals surface area (Å²) in [7, 11) is -2.88.